The molecule has 0 radical (unpaired) electrons. The molecule has 0 atom stereocenters. The maximum absolute atomic E-state index is 13.3. The first-order chi connectivity index (χ1) is 13.7. The lowest BCUT2D eigenvalue weighted by Crippen LogP contribution is -2.76. The number of halogens is 19. The van der Waals surface area contributed by atoms with E-state index in [1.807, 2.05) is 0 Å². The van der Waals surface area contributed by atoms with Gasteiger partial charge in [0.25, 0.3) is 0 Å². The predicted molar refractivity (Wildman–Crippen MR) is 62.5 cm³/mol. The van der Waals surface area contributed by atoms with Crippen molar-refractivity contribution in [3.05, 3.63) is 0 Å². The molecule has 0 rings (SSSR count). The molecule has 0 heterocycles. The number of alkyl halides is 19. The molecule has 2 N–H and O–H groups in total. The number of hydrogen-bond donors (Lipinski definition) is 2. The molecule has 0 aromatic heterocycles. The van der Waals surface area contributed by atoms with Crippen molar-refractivity contribution in [3.8, 4) is 0 Å². The standard InChI is InChI=1S/C10H4F19O3P/c11-2(12,1-33(30,31)32)3(13,14)4(15,16)5(17,18)6(19,20)7(21,22)8(23,24)9(25,26)10(27,28)29/h1H2,(H2,30,31,32). The van der Waals surface area contributed by atoms with E-state index >= 15 is 0 Å². The van der Waals surface area contributed by atoms with Gasteiger partial charge < -0.3 is 9.79 Å². The van der Waals surface area contributed by atoms with Crippen LogP contribution in [0.4, 0.5) is 83.4 Å². The van der Waals surface area contributed by atoms with Crippen molar-refractivity contribution in [3.63, 3.8) is 0 Å². The summed E-state index contributed by atoms with van der Waals surface area (Å²) >= 11 is 0. The van der Waals surface area contributed by atoms with Gasteiger partial charge in [-0.1, -0.05) is 0 Å². The normalized spacial score (nSPS) is 16.9. The molecular weight excluding hydrogens is 560 g/mol. The zero-order valence-electron chi connectivity index (χ0n) is 14.1. The first-order valence-corrected chi connectivity index (χ1v) is 8.64. The Morgan fingerprint density at radius 3 is 0.848 bits per heavy atom. The Balaban J connectivity index is 6.92. The molecule has 200 valence electrons. The van der Waals surface area contributed by atoms with E-state index in [-0.39, 0.29) is 0 Å². The van der Waals surface area contributed by atoms with Gasteiger partial charge in [-0.05, 0) is 0 Å². The van der Waals surface area contributed by atoms with Gasteiger partial charge in [0, 0.05) is 0 Å². The Bertz CT molecular complexity index is 777. The third kappa shape index (κ3) is 4.34. The fraction of sp³-hybridized carbons (Fsp3) is 1.00. The minimum atomic E-state index is -9.07. The average molecular weight is 564 g/mol. The van der Waals surface area contributed by atoms with Gasteiger partial charge in [0.15, 0.2) is 0 Å². The van der Waals surface area contributed by atoms with E-state index in [1.165, 1.54) is 0 Å². The van der Waals surface area contributed by atoms with Gasteiger partial charge in [-0.15, -0.1) is 0 Å². The highest BCUT2D eigenvalue weighted by molar-refractivity contribution is 7.51. The van der Waals surface area contributed by atoms with Crippen LogP contribution in [-0.2, 0) is 4.57 Å². The highest BCUT2D eigenvalue weighted by atomic mass is 31.2. The van der Waals surface area contributed by atoms with Crippen molar-refractivity contribution in [1.82, 2.24) is 0 Å². The van der Waals surface area contributed by atoms with Gasteiger partial charge in [0.05, 0.1) is 0 Å². The zero-order valence-corrected chi connectivity index (χ0v) is 15.0. The van der Waals surface area contributed by atoms with E-state index in [2.05, 4.69) is 0 Å². The summed E-state index contributed by atoms with van der Waals surface area (Å²) in [6.45, 7) is 0. The molecule has 0 aromatic carbocycles. The summed E-state index contributed by atoms with van der Waals surface area (Å²) in [5, 5.41) is 0. The van der Waals surface area contributed by atoms with Crippen LogP contribution in [0.5, 0.6) is 0 Å². The van der Waals surface area contributed by atoms with Gasteiger partial charge >= 0.3 is 61.2 Å². The summed E-state index contributed by atoms with van der Waals surface area (Å²) in [7, 11) is -6.63. The van der Waals surface area contributed by atoms with Crippen LogP contribution in [0, 0.1) is 0 Å². The van der Waals surface area contributed by atoms with Crippen LogP contribution in [0.15, 0.2) is 0 Å². The van der Waals surface area contributed by atoms with Crippen LogP contribution in [-0.4, -0.2) is 69.5 Å². The minimum Gasteiger partial charge on any atom is -0.324 e. The largest absolute Gasteiger partial charge is 0.460 e. The lowest BCUT2D eigenvalue weighted by atomic mass is 9.87. The SMILES string of the molecule is O=P(O)(O)CC(F)(F)C(F)(F)C(F)(F)C(F)(F)C(F)(F)C(F)(F)C(F)(F)C(F)(F)C(F)(F)F. The van der Waals surface area contributed by atoms with E-state index in [1.54, 1.807) is 0 Å². The Hall–Kier alpha value is -1.18. The Labute approximate surface area is 166 Å². The van der Waals surface area contributed by atoms with Gasteiger partial charge in [-0.2, -0.15) is 83.4 Å². The topological polar surface area (TPSA) is 57.5 Å². The fourth-order valence-electron chi connectivity index (χ4n) is 1.75. The molecule has 0 aliphatic heterocycles. The Morgan fingerprint density at radius 2 is 0.636 bits per heavy atom. The Morgan fingerprint density at radius 1 is 0.424 bits per heavy atom. The molecule has 0 spiro atoms. The van der Waals surface area contributed by atoms with E-state index in [0.29, 0.717) is 0 Å². The van der Waals surface area contributed by atoms with Crippen LogP contribution < -0.4 is 0 Å². The molecular formula is C10H4F19O3P. The lowest BCUT2D eigenvalue weighted by molar-refractivity contribution is -0.468. The summed E-state index contributed by atoms with van der Waals surface area (Å²) in [5.74, 6) is -68.4. The van der Waals surface area contributed by atoms with Crippen molar-refractivity contribution in [2.24, 2.45) is 0 Å². The molecule has 0 unspecified atom stereocenters. The van der Waals surface area contributed by atoms with Crippen LogP contribution in [0.25, 0.3) is 0 Å². The second-order valence-corrected chi connectivity index (χ2v) is 7.69. The van der Waals surface area contributed by atoms with Crippen molar-refractivity contribution in [2.75, 3.05) is 6.16 Å². The molecule has 0 saturated heterocycles. The summed E-state index contributed by atoms with van der Waals surface area (Å²) < 4.78 is 255. The summed E-state index contributed by atoms with van der Waals surface area (Å²) in [6.07, 6.45) is -11.8. The Kier molecular flexibility index (Phi) is 7.38. The van der Waals surface area contributed by atoms with Crippen molar-refractivity contribution < 1.29 is 97.8 Å². The quantitative estimate of drug-likeness (QED) is 0.275. The van der Waals surface area contributed by atoms with E-state index in [0.717, 1.165) is 0 Å². The summed E-state index contributed by atoms with van der Waals surface area (Å²) in [6, 6.07) is 0. The van der Waals surface area contributed by atoms with Crippen molar-refractivity contribution in [2.45, 2.75) is 53.6 Å². The predicted octanol–water partition coefficient (Wildman–Crippen LogP) is 5.81. The van der Waals surface area contributed by atoms with Gasteiger partial charge in [-0.3, -0.25) is 4.57 Å². The van der Waals surface area contributed by atoms with Crippen molar-refractivity contribution in [1.29, 1.82) is 0 Å². The van der Waals surface area contributed by atoms with Crippen molar-refractivity contribution >= 4 is 7.60 Å². The van der Waals surface area contributed by atoms with Crippen LogP contribution >= 0.6 is 7.60 Å². The average Bonchev–Trinajstić information content (AvgIpc) is 2.49. The lowest BCUT2D eigenvalue weighted by Gasteiger charge is -2.43. The summed E-state index contributed by atoms with van der Waals surface area (Å²) in [5.41, 5.74) is 0. The first-order valence-electron chi connectivity index (χ1n) is 6.84. The maximum Gasteiger partial charge on any atom is 0.460 e. The molecule has 0 amide bonds. The van der Waals surface area contributed by atoms with E-state index in [4.69, 9.17) is 9.79 Å². The molecule has 0 aromatic rings. The minimum absolute atomic E-state index is 3.86. The maximum atomic E-state index is 13.3. The highest BCUT2D eigenvalue weighted by Gasteiger charge is 2.96. The van der Waals surface area contributed by atoms with Crippen LogP contribution in [0.1, 0.15) is 0 Å². The van der Waals surface area contributed by atoms with Gasteiger partial charge in [-0.25, -0.2) is 0 Å². The first kappa shape index (κ1) is 31.8. The van der Waals surface area contributed by atoms with Gasteiger partial charge in [0.1, 0.15) is 6.16 Å². The third-order valence-corrected chi connectivity index (χ3v) is 4.40. The highest BCUT2D eigenvalue weighted by Crippen LogP contribution is 2.65. The second kappa shape index (κ2) is 7.66. The molecule has 3 nitrogen and oxygen atoms in total. The molecule has 23 heteroatoms. The van der Waals surface area contributed by atoms with Crippen LogP contribution in [0.2, 0.25) is 0 Å². The van der Waals surface area contributed by atoms with E-state index in [9.17, 15) is 88.0 Å². The zero-order chi connectivity index (χ0) is 27.7. The number of rotatable bonds is 9. The molecule has 33 heavy (non-hydrogen) atoms. The third-order valence-electron chi connectivity index (χ3n) is 3.59. The molecule has 0 fully saturated rings. The second-order valence-electron chi connectivity index (χ2n) is 6.05. The molecule has 0 aliphatic rings. The van der Waals surface area contributed by atoms with Gasteiger partial charge in [0.2, 0.25) is 0 Å². The molecule has 0 saturated carbocycles. The van der Waals surface area contributed by atoms with E-state index < -0.39 is 67.3 Å². The molecule has 0 bridgehead atoms. The fourth-order valence-corrected chi connectivity index (χ4v) is 2.47. The summed E-state index contributed by atoms with van der Waals surface area (Å²) in [4.78, 5) is 16.1. The number of hydrogen-bond acceptors (Lipinski definition) is 1. The monoisotopic (exact) mass is 564 g/mol. The smallest absolute Gasteiger partial charge is 0.324 e. The molecule has 0 aliphatic carbocycles. The van der Waals surface area contributed by atoms with Crippen LogP contribution in [0.3, 0.4) is 0 Å².